The third-order valence-electron chi connectivity index (χ3n) is 10.5. The number of carbonyl (C=O) groups is 4. The predicted molar refractivity (Wildman–Crippen MR) is 129 cm³/mol. The molecule has 5 aliphatic rings. The summed E-state index contributed by atoms with van der Waals surface area (Å²) in [6.07, 6.45) is 10.7. The molecule has 9 atom stereocenters. The minimum atomic E-state index is -1.76. The van der Waals surface area contributed by atoms with Gasteiger partial charge in [0, 0.05) is 28.6 Å². The van der Waals surface area contributed by atoms with Gasteiger partial charge in [0.2, 0.25) is 5.78 Å². The Balaban J connectivity index is 0.00000336. The van der Waals surface area contributed by atoms with Crippen molar-refractivity contribution in [1.82, 2.24) is 0 Å². The molecule has 5 rings (SSSR count). The fourth-order valence-corrected chi connectivity index (χ4v) is 8.49. The van der Waals surface area contributed by atoms with Gasteiger partial charge in [-0.05, 0) is 68.9 Å². The van der Waals surface area contributed by atoms with Gasteiger partial charge in [-0.15, -0.1) is 0 Å². The number of Topliss-reactive ketones (excluding diaryl/α,β-unsaturated/α-hetero) is 1. The number of allylic oxidation sites excluding steroid dienone is 6. The van der Waals surface area contributed by atoms with E-state index < -0.39 is 58.7 Å². The zero-order valence-electron chi connectivity index (χ0n) is 22.4. The van der Waals surface area contributed by atoms with Gasteiger partial charge in [-0.25, -0.2) is 0 Å². The van der Waals surface area contributed by atoms with Crippen LogP contribution in [0.2, 0.25) is 0 Å². The maximum absolute atomic E-state index is 13.4. The third kappa shape index (κ3) is 4.40. The summed E-state index contributed by atoms with van der Waals surface area (Å²) >= 11 is 0. The SMILES string of the molecule is C[C@]12C=CC(=O)C=C1CC[C@@H]1[C@@H]2[C@@H](O)C[C@@]2(C)[C@H]1CC[C@]2(O)C(=O)COC(=O)C1CC=CCC1C(=O)[O-].[Na+]. The number of aliphatic hydroxyl groups excluding tert-OH is 1. The molecule has 5 aliphatic carbocycles. The van der Waals surface area contributed by atoms with Gasteiger partial charge >= 0.3 is 35.5 Å². The van der Waals surface area contributed by atoms with Gasteiger partial charge in [-0.1, -0.05) is 37.6 Å². The summed E-state index contributed by atoms with van der Waals surface area (Å²) < 4.78 is 5.27. The van der Waals surface area contributed by atoms with E-state index in [9.17, 15) is 34.5 Å². The summed E-state index contributed by atoms with van der Waals surface area (Å²) in [5.41, 5.74) is -2.07. The first-order chi connectivity index (χ1) is 17.4. The minimum Gasteiger partial charge on any atom is -0.550 e. The molecular formula is C29H35NaO8. The Bertz CT molecular complexity index is 1130. The summed E-state index contributed by atoms with van der Waals surface area (Å²) in [5.74, 6) is -4.76. The molecule has 0 radical (unpaired) electrons. The van der Waals surface area contributed by atoms with Crippen LogP contribution in [0.5, 0.6) is 0 Å². The Morgan fingerprint density at radius 1 is 1.13 bits per heavy atom. The van der Waals surface area contributed by atoms with E-state index in [0.717, 1.165) is 18.4 Å². The summed E-state index contributed by atoms with van der Waals surface area (Å²) in [6.45, 7) is 3.28. The molecule has 0 spiro atoms. The van der Waals surface area contributed by atoms with Gasteiger partial charge < -0.3 is 24.9 Å². The first kappa shape index (κ1) is 29.4. The molecule has 3 fully saturated rings. The second kappa shape index (κ2) is 10.4. The molecule has 0 aromatic rings. The van der Waals surface area contributed by atoms with E-state index in [2.05, 4.69) is 6.92 Å². The normalized spacial score (nSPS) is 43.2. The average Bonchev–Trinajstić information content (AvgIpc) is 3.13. The van der Waals surface area contributed by atoms with E-state index >= 15 is 0 Å². The van der Waals surface area contributed by atoms with Gasteiger partial charge in [-0.2, -0.15) is 0 Å². The molecular weight excluding hydrogens is 499 g/mol. The fourth-order valence-electron chi connectivity index (χ4n) is 8.49. The van der Waals surface area contributed by atoms with E-state index in [1.54, 1.807) is 24.3 Å². The van der Waals surface area contributed by atoms with Crippen molar-refractivity contribution in [2.24, 2.45) is 40.4 Å². The monoisotopic (exact) mass is 534 g/mol. The number of esters is 1. The number of carbonyl (C=O) groups excluding carboxylic acids is 4. The topological polar surface area (TPSA) is 141 Å². The van der Waals surface area contributed by atoms with Crippen LogP contribution in [0.4, 0.5) is 0 Å². The summed E-state index contributed by atoms with van der Waals surface area (Å²) in [6, 6.07) is 0. The van der Waals surface area contributed by atoms with Crippen LogP contribution >= 0.6 is 0 Å². The van der Waals surface area contributed by atoms with Crippen LogP contribution in [0.3, 0.4) is 0 Å². The van der Waals surface area contributed by atoms with Crippen LogP contribution in [-0.4, -0.2) is 52.0 Å². The first-order valence-electron chi connectivity index (χ1n) is 13.3. The largest absolute Gasteiger partial charge is 1.00 e. The molecule has 0 bridgehead atoms. The smallest absolute Gasteiger partial charge is 0.550 e. The number of hydrogen-bond donors (Lipinski definition) is 2. The Hall–Kier alpha value is -1.58. The van der Waals surface area contributed by atoms with Gasteiger partial charge in [0.05, 0.1) is 12.0 Å². The molecule has 0 amide bonds. The molecule has 2 unspecified atom stereocenters. The van der Waals surface area contributed by atoms with Crippen molar-refractivity contribution in [3.05, 3.63) is 36.0 Å². The molecule has 3 saturated carbocycles. The average molecular weight is 535 g/mol. The van der Waals surface area contributed by atoms with E-state index in [4.69, 9.17) is 4.74 Å². The number of rotatable bonds is 5. The molecule has 0 aromatic heterocycles. The van der Waals surface area contributed by atoms with Crippen molar-refractivity contribution < 1.29 is 68.8 Å². The number of carboxylic acids is 1. The second-order valence-corrected chi connectivity index (χ2v) is 12.1. The Morgan fingerprint density at radius 3 is 2.50 bits per heavy atom. The minimum absolute atomic E-state index is 0. The van der Waals surface area contributed by atoms with Crippen molar-refractivity contribution >= 4 is 23.5 Å². The van der Waals surface area contributed by atoms with Gasteiger partial charge in [0.15, 0.2) is 12.4 Å². The summed E-state index contributed by atoms with van der Waals surface area (Å²) in [7, 11) is 0. The molecule has 2 N–H and O–H groups in total. The number of carboxylic acid groups (broad SMARTS) is 1. The van der Waals surface area contributed by atoms with Crippen molar-refractivity contribution in [2.45, 2.75) is 70.5 Å². The number of ether oxygens (including phenoxy) is 1. The molecule has 0 aliphatic heterocycles. The van der Waals surface area contributed by atoms with Crippen molar-refractivity contribution in [3.8, 4) is 0 Å². The van der Waals surface area contributed by atoms with Gasteiger partial charge in [0.1, 0.15) is 5.60 Å². The molecule has 8 nitrogen and oxygen atoms in total. The van der Waals surface area contributed by atoms with Crippen molar-refractivity contribution in [2.75, 3.05) is 6.61 Å². The van der Waals surface area contributed by atoms with Gasteiger partial charge in [-0.3, -0.25) is 14.4 Å². The molecule has 0 heterocycles. The molecule has 9 heteroatoms. The molecule has 0 saturated heterocycles. The van der Waals surface area contributed by atoms with Crippen LogP contribution in [0, 0.1) is 40.4 Å². The molecule has 38 heavy (non-hydrogen) atoms. The number of fused-ring (bicyclic) bond motifs is 5. The van der Waals surface area contributed by atoms with Crippen LogP contribution in [-0.2, 0) is 23.9 Å². The van der Waals surface area contributed by atoms with E-state index in [1.807, 2.05) is 13.0 Å². The predicted octanol–water partition coefficient (Wildman–Crippen LogP) is -1.56. The van der Waals surface area contributed by atoms with Crippen LogP contribution in [0.25, 0.3) is 0 Å². The van der Waals surface area contributed by atoms with Crippen LogP contribution in [0.15, 0.2) is 36.0 Å². The Morgan fingerprint density at radius 2 is 1.82 bits per heavy atom. The van der Waals surface area contributed by atoms with Crippen LogP contribution < -0.4 is 34.7 Å². The zero-order chi connectivity index (χ0) is 26.8. The van der Waals surface area contributed by atoms with Crippen molar-refractivity contribution in [1.29, 1.82) is 0 Å². The number of aliphatic hydroxyl groups is 2. The van der Waals surface area contributed by atoms with E-state index in [1.165, 1.54) is 0 Å². The second-order valence-electron chi connectivity index (χ2n) is 12.1. The Kier molecular flexibility index (Phi) is 8.07. The van der Waals surface area contributed by atoms with Crippen LogP contribution in [0.1, 0.15) is 58.8 Å². The fraction of sp³-hybridized carbons (Fsp3) is 0.655. The summed E-state index contributed by atoms with van der Waals surface area (Å²) in [4.78, 5) is 49.5. The summed E-state index contributed by atoms with van der Waals surface area (Å²) in [5, 5.41) is 34.7. The standard InChI is InChI=1S/C29H36O8.Na/c1-27-11-9-17(30)13-16(27)7-8-20-21-10-12-29(36,28(21,2)14-22(31)24(20)27)23(32)15-37-26(35)19-6-4-3-5-18(19)25(33)34;/h3-4,9,11,13,18-22,24,31,36H,5-8,10,12,14-15H2,1-2H3,(H,33,34);/q;+1/p-1/t18?,19?,20-,21-,22-,24+,27-,28-,29-;/m0./s1. The zero-order valence-corrected chi connectivity index (χ0v) is 24.4. The Labute approximate surface area is 244 Å². The van der Waals surface area contributed by atoms with E-state index in [0.29, 0.717) is 6.42 Å². The number of aliphatic carboxylic acids is 1. The molecule has 200 valence electrons. The quantitative estimate of drug-likeness (QED) is 0.245. The van der Waals surface area contributed by atoms with E-state index in [-0.39, 0.29) is 78.8 Å². The van der Waals surface area contributed by atoms with Crippen molar-refractivity contribution in [3.63, 3.8) is 0 Å². The maximum atomic E-state index is 13.4. The molecule has 0 aromatic carbocycles. The number of ketones is 2. The first-order valence-corrected chi connectivity index (χ1v) is 13.3. The maximum Gasteiger partial charge on any atom is 1.00 e. The third-order valence-corrected chi connectivity index (χ3v) is 10.5. The van der Waals surface area contributed by atoms with Gasteiger partial charge in [0.25, 0.3) is 0 Å². The number of hydrogen-bond acceptors (Lipinski definition) is 8.